The molecule has 0 aromatic carbocycles. The zero-order valence-electron chi connectivity index (χ0n) is 22.1. The molecule has 0 aromatic heterocycles. The van der Waals surface area contributed by atoms with Crippen LogP contribution in [-0.2, 0) is 14.3 Å². The lowest BCUT2D eigenvalue weighted by Crippen LogP contribution is -2.61. The fourth-order valence-corrected chi connectivity index (χ4v) is 9.81. The average molecular weight is 486 g/mol. The van der Waals surface area contributed by atoms with E-state index < -0.39 is 5.41 Å². The van der Waals surface area contributed by atoms with Crippen molar-refractivity contribution in [2.45, 2.75) is 85.5 Å². The number of carbonyl (C=O) groups is 2. The van der Waals surface area contributed by atoms with Gasteiger partial charge in [-0.25, -0.2) is 0 Å². The number of nitrogens with zero attached hydrogens (tertiary/aromatic N) is 1. The largest absolute Gasteiger partial charge is 0.469 e. The van der Waals surface area contributed by atoms with E-state index in [9.17, 15) is 19.9 Å². The topological polar surface area (TPSA) is 96.2 Å². The Kier molecular flexibility index (Phi) is 5.82. The van der Waals surface area contributed by atoms with Crippen molar-refractivity contribution in [3.05, 3.63) is 11.6 Å². The third-order valence-corrected chi connectivity index (χ3v) is 11.7. The number of ketones is 1. The molecule has 194 valence electrons. The van der Waals surface area contributed by atoms with E-state index in [1.54, 1.807) is 0 Å². The summed E-state index contributed by atoms with van der Waals surface area (Å²) < 4.78 is 5.38. The maximum absolute atomic E-state index is 14.1. The van der Waals surface area contributed by atoms with Crippen molar-refractivity contribution in [2.75, 3.05) is 13.7 Å². The molecule has 5 aliphatic rings. The van der Waals surface area contributed by atoms with Crippen LogP contribution in [0.25, 0.3) is 0 Å². The quantitative estimate of drug-likeness (QED) is 0.320. The molecule has 0 bridgehead atoms. The van der Waals surface area contributed by atoms with Gasteiger partial charge in [-0.3, -0.25) is 9.59 Å². The van der Waals surface area contributed by atoms with Gasteiger partial charge in [-0.15, -0.1) is 0 Å². The molecule has 6 nitrogen and oxygen atoms in total. The Labute approximate surface area is 209 Å². The number of esters is 1. The van der Waals surface area contributed by atoms with Gasteiger partial charge in [0.25, 0.3) is 0 Å². The second-order valence-corrected chi connectivity index (χ2v) is 13.6. The number of hydrogen-bond donors (Lipinski definition) is 2. The van der Waals surface area contributed by atoms with Crippen LogP contribution >= 0.6 is 0 Å². The number of rotatable bonds is 2. The van der Waals surface area contributed by atoms with Crippen molar-refractivity contribution < 1.29 is 24.6 Å². The highest BCUT2D eigenvalue weighted by atomic mass is 16.5. The van der Waals surface area contributed by atoms with Gasteiger partial charge in [-0.05, 0) is 97.9 Å². The number of oxime groups is 1. The van der Waals surface area contributed by atoms with E-state index in [1.165, 1.54) is 12.7 Å². The van der Waals surface area contributed by atoms with Crippen molar-refractivity contribution in [1.29, 1.82) is 0 Å². The molecule has 0 amide bonds. The number of ether oxygens (including phenoxy) is 1. The highest BCUT2D eigenvalue weighted by molar-refractivity contribution is 5.96. The molecule has 5 aliphatic carbocycles. The highest BCUT2D eigenvalue weighted by Crippen LogP contribution is 2.70. The van der Waals surface area contributed by atoms with E-state index in [0.717, 1.165) is 51.4 Å². The van der Waals surface area contributed by atoms with Crippen molar-refractivity contribution in [2.24, 2.45) is 56.4 Å². The minimum Gasteiger partial charge on any atom is -0.469 e. The molecular weight excluding hydrogens is 442 g/mol. The Balaban J connectivity index is 1.59. The molecule has 0 saturated heterocycles. The van der Waals surface area contributed by atoms with Gasteiger partial charge >= 0.3 is 5.97 Å². The summed E-state index contributed by atoms with van der Waals surface area (Å²) in [4.78, 5) is 27.3. The number of fused-ring (bicyclic) bond motifs is 7. The SMILES string of the molecule is COC(=O)C12CCC3C(C(=O)C=C4C5(C)CC/C(=N\O)C(CO)C5CCC43C)C1CC(C)(C)CC2. The molecule has 0 radical (unpaired) electrons. The van der Waals surface area contributed by atoms with Crippen LogP contribution in [0.1, 0.15) is 85.5 Å². The van der Waals surface area contributed by atoms with Crippen molar-refractivity contribution in [3.63, 3.8) is 0 Å². The van der Waals surface area contributed by atoms with Crippen molar-refractivity contribution in [3.8, 4) is 0 Å². The standard InChI is InChI=1S/C29H43NO5/c1-26(2)12-13-29(25(33)35-5)11-7-19-24(20(29)15-26)22(32)14-23-27(3)10-8-21(30-34)17(16-31)18(27)6-9-28(19,23)4/h14,17-20,24,31,34H,6-13,15-16H2,1-5H3/b30-21+. The zero-order valence-corrected chi connectivity index (χ0v) is 22.1. The molecule has 0 heterocycles. The van der Waals surface area contributed by atoms with E-state index in [-0.39, 0.29) is 64.2 Å². The lowest BCUT2D eigenvalue weighted by Gasteiger charge is -2.64. The Morgan fingerprint density at radius 1 is 1.03 bits per heavy atom. The van der Waals surface area contributed by atoms with Gasteiger partial charge in [0, 0.05) is 11.8 Å². The number of allylic oxidation sites excluding steroid dienone is 2. The summed E-state index contributed by atoms with van der Waals surface area (Å²) in [6.45, 7) is 9.17. The normalized spacial score (nSPS) is 47.6. The van der Waals surface area contributed by atoms with Gasteiger partial charge in [0.2, 0.25) is 0 Å². The predicted molar refractivity (Wildman–Crippen MR) is 133 cm³/mol. The maximum Gasteiger partial charge on any atom is 0.312 e. The first-order valence-electron chi connectivity index (χ1n) is 13.6. The van der Waals surface area contributed by atoms with Crippen LogP contribution in [0.15, 0.2) is 16.8 Å². The fourth-order valence-electron chi connectivity index (χ4n) is 9.81. The molecule has 8 atom stereocenters. The van der Waals surface area contributed by atoms with Crippen LogP contribution in [0.3, 0.4) is 0 Å². The van der Waals surface area contributed by atoms with Gasteiger partial charge in [0.05, 0.1) is 24.8 Å². The van der Waals surface area contributed by atoms with E-state index >= 15 is 0 Å². The molecule has 4 fully saturated rings. The summed E-state index contributed by atoms with van der Waals surface area (Å²) in [6, 6.07) is 0. The van der Waals surface area contributed by atoms with Crippen molar-refractivity contribution in [1.82, 2.24) is 0 Å². The van der Waals surface area contributed by atoms with Crippen LogP contribution in [0.4, 0.5) is 0 Å². The van der Waals surface area contributed by atoms with E-state index in [0.29, 0.717) is 12.1 Å². The highest BCUT2D eigenvalue weighted by Gasteiger charge is 2.66. The summed E-state index contributed by atoms with van der Waals surface area (Å²) in [7, 11) is 1.49. The molecule has 35 heavy (non-hydrogen) atoms. The number of aliphatic hydroxyl groups is 1. The summed E-state index contributed by atoms with van der Waals surface area (Å²) in [5.74, 6) is 0.204. The number of carbonyl (C=O) groups excluding carboxylic acids is 2. The van der Waals surface area contributed by atoms with Crippen LogP contribution in [0, 0.1) is 51.2 Å². The van der Waals surface area contributed by atoms with E-state index in [2.05, 4.69) is 32.9 Å². The Morgan fingerprint density at radius 3 is 2.37 bits per heavy atom. The third kappa shape index (κ3) is 3.34. The van der Waals surface area contributed by atoms with E-state index in [1.807, 2.05) is 6.08 Å². The van der Waals surface area contributed by atoms with Gasteiger partial charge in [-0.2, -0.15) is 0 Å². The third-order valence-electron chi connectivity index (χ3n) is 11.7. The second kappa shape index (κ2) is 8.16. The van der Waals surface area contributed by atoms with Gasteiger partial charge in [-0.1, -0.05) is 38.4 Å². The summed E-state index contributed by atoms with van der Waals surface area (Å²) in [5, 5.41) is 23.3. The summed E-state index contributed by atoms with van der Waals surface area (Å²) in [5.41, 5.74) is 1.23. The second-order valence-electron chi connectivity index (χ2n) is 13.6. The number of methoxy groups -OCH3 is 1. The fraction of sp³-hybridized carbons (Fsp3) is 0.828. The van der Waals surface area contributed by atoms with Gasteiger partial charge in [0.1, 0.15) is 0 Å². The summed E-state index contributed by atoms with van der Waals surface area (Å²) in [6.07, 6.45) is 9.72. The van der Waals surface area contributed by atoms with Gasteiger partial charge in [0.15, 0.2) is 5.78 Å². The van der Waals surface area contributed by atoms with Crippen LogP contribution in [0.5, 0.6) is 0 Å². The molecule has 4 saturated carbocycles. The lowest BCUT2D eigenvalue weighted by molar-refractivity contribution is -0.178. The van der Waals surface area contributed by atoms with E-state index in [4.69, 9.17) is 4.74 Å². The molecular formula is C29H43NO5. The molecule has 0 aliphatic heterocycles. The average Bonchev–Trinajstić information content (AvgIpc) is 2.83. The molecule has 8 unspecified atom stereocenters. The van der Waals surface area contributed by atoms with Crippen LogP contribution in [-0.4, -0.2) is 41.5 Å². The summed E-state index contributed by atoms with van der Waals surface area (Å²) >= 11 is 0. The Bertz CT molecular complexity index is 984. The minimum absolute atomic E-state index is 0.0229. The molecule has 0 spiro atoms. The number of hydrogen-bond acceptors (Lipinski definition) is 6. The molecule has 5 rings (SSSR count). The first-order valence-corrected chi connectivity index (χ1v) is 13.6. The molecule has 0 aromatic rings. The molecule has 2 N–H and O–H groups in total. The van der Waals surface area contributed by atoms with Crippen molar-refractivity contribution >= 4 is 17.5 Å². The predicted octanol–water partition coefficient (Wildman–Crippen LogP) is 5.16. The van der Waals surface area contributed by atoms with Gasteiger partial charge < -0.3 is 15.1 Å². The minimum atomic E-state index is -0.538. The Morgan fingerprint density at radius 2 is 1.71 bits per heavy atom. The first kappa shape index (κ1) is 25.0. The van der Waals surface area contributed by atoms with Crippen LogP contribution in [0.2, 0.25) is 0 Å². The van der Waals surface area contributed by atoms with Crippen LogP contribution < -0.4 is 0 Å². The Hall–Kier alpha value is -1.69. The number of aliphatic hydroxyl groups excluding tert-OH is 1. The zero-order chi connectivity index (χ0) is 25.4. The smallest absolute Gasteiger partial charge is 0.312 e. The maximum atomic E-state index is 14.1. The first-order chi connectivity index (χ1) is 16.5. The molecule has 6 heteroatoms. The lowest BCUT2D eigenvalue weighted by atomic mass is 9.39. The monoisotopic (exact) mass is 485 g/mol.